The number of anilines is 1. The largest absolute Gasteiger partial charge is 0.385 e. The Bertz CT molecular complexity index is 260. The lowest BCUT2D eigenvalue weighted by Gasteiger charge is -2.01. The third kappa shape index (κ3) is 1.00. The second kappa shape index (κ2) is 2.26. The van der Waals surface area contributed by atoms with Gasteiger partial charge in [-0.1, -0.05) is 0 Å². The molecule has 0 unspecified atom stereocenters. The molecule has 1 aromatic heterocycles. The fraction of sp³-hybridized carbons (Fsp3) is 0.625. The van der Waals surface area contributed by atoms with Crippen molar-refractivity contribution in [2.24, 2.45) is 0 Å². The molecule has 0 radical (unpaired) electrons. The van der Waals surface area contributed by atoms with Gasteiger partial charge in [-0.25, -0.2) is 0 Å². The molecule has 1 heterocycles. The molecule has 0 bridgehead atoms. The van der Waals surface area contributed by atoms with E-state index in [-0.39, 0.29) is 0 Å². The average Bonchev–Trinajstić information content (AvgIpc) is 2.77. The van der Waals surface area contributed by atoms with E-state index in [2.05, 4.69) is 22.0 Å². The zero-order valence-corrected chi connectivity index (χ0v) is 6.96. The molecule has 1 saturated carbocycles. The predicted octanol–water partition coefficient (Wildman–Crippen LogP) is 1.57. The van der Waals surface area contributed by atoms with E-state index in [1.54, 1.807) is 0 Å². The third-order valence-electron chi connectivity index (χ3n) is 2.21. The first kappa shape index (κ1) is 6.70. The zero-order chi connectivity index (χ0) is 7.84. The van der Waals surface area contributed by atoms with Crippen LogP contribution in [0.2, 0.25) is 0 Å². The first-order valence-corrected chi connectivity index (χ1v) is 4.05. The van der Waals surface area contributed by atoms with E-state index in [0.29, 0.717) is 6.04 Å². The molecule has 0 spiro atoms. The first-order chi connectivity index (χ1) is 5.33. The Balaban J connectivity index is 2.33. The van der Waals surface area contributed by atoms with Crippen molar-refractivity contribution in [2.75, 3.05) is 12.4 Å². The minimum Gasteiger partial charge on any atom is -0.385 e. The van der Waals surface area contributed by atoms with Crippen molar-refractivity contribution >= 4 is 5.69 Å². The van der Waals surface area contributed by atoms with Gasteiger partial charge in [0.1, 0.15) is 0 Å². The van der Waals surface area contributed by atoms with Crippen LogP contribution in [0.3, 0.4) is 0 Å². The maximum atomic E-state index is 4.30. The minimum atomic E-state index is 0.692. The van der Waals surface area contributed by atoms with Crippen molar-refractivity contribution in [2.45, 2.75) is 25.8 Å². The van der Waals surface area contributed by atoms with Gasteiger partial charge in [0.05, 0.1) is 23.6 Å². The van der Waals surface area contributed by atoms with Crippen LogP contribution in [0.5, 0.6) is 0 Å². The van der Waals surface area contributed by atoms with E-state index in [4.69, 9.17) is 0 Å². The normalized spacial score (nSPS) is 16.9. The van der Waals surface area contributed by atoms with Gasteiger partial charge in [-0.3, -0.25) is 4.68 Å². The minimum absolute atomic E-state index is 0.692. The molecule has 0 aromatic carbocycles. The van der Waals surface area contributed by atoms with Crippen molar-refractivity contribution in [1.29, 1.82) is 0 Å². The summed E-state index contributed by atoms with van der Waals surface area (Å²) in [5.41, 5.74) is 2.41. The molecule has 11 heavy (non-hydrogen) atoms. The number of nitrogens with zero attached hydrogens (tertiary/aromatic N) is 2. The van der Waals surface area contributed by atoms with Crippen molar-refractivity contribution in [3.8, 4) is 0 Å². The fourth-order valence-corrected chi connectivity index (χ4v) is 1.36. The van der Waals surface area contributed by atoms with E-state index < -0.39 is 0 Å². The highest BCUT2D eigenvalue weighted by molar-refractivity contribution is 5.45. The van der Waals surface area contributed by atoms with Crippen molar-refractivity contribution < 1.29 is 0 Å². The Morgan fingerprint density at radius 3 is 2.82 bits per heavy atom. The van der Waals surface area contributed by atoms with Crippen LogP contribution in [-0.2, 0) is 0 Å². The number of hydrogen-bond acceptors (Lipinski definition) is 2. The average molecular weight is 151 g/mol. The monoisotopic (exact) mass is 151 g/mol. The van der Waals surface area contributed by atoms with E-state index in [0.717, 1.165) is 5.69 Å². The molecule has 60 valence electrons. The topological polar surface area (TPSA) is 29.9 Å². The van der Waals surface area contributed by atoms with E-state index >= 15 is 0 Å². The lowest BCUT2D eigenvalue weighted by atomic mass is 10.4. The van der Waals surface area contributed by atoms with Gasteiger partial charge in [0.25, 0.3) is 0 Å². The van der Waals surface area contributed by atoms with Crippen LogP contribution >= 0.6 is 0 Å². The summed E-state index contributed by atoms with van der Waals surface area (Å²) in [6, 6.07) is 0.692. The highest BCUT2D eigenvalue weighted by Gasteiger charge is 2.26. The lowest BCUT2D eigenvalue weighted by molar-refractivity contribution is 0.622. The maximum Gasteiger partial charge on any atom is 0.0753 e. The summed E-state index contributed by atoms with van der Waals surface area (Å²) < 4.78 is 2.12. The number of aromatic nitrogens is 2. The summed E-state index contributed by atoms with van der Waals surface area (Å²) in [6.45, 7) is 2.11. The van der Waals surface area contributed by atoms with Crippen molar-refractivity contribution in [3.05, 3.63) is 11.9 Å². The van der Waals surface area contributed by atoms with Crippen LogP contribution in [0, 0.1) is 6.92 Å². The van der Waals surface area contributed by atoms with E-state index in [9.17, 15) is 0 Å². The molecule has 0 aliphatic heterocycles. The zero-order valence-electron chi connectivity index (χ0n) is 6.96. The molecule has 3 heteroatoms. The first-order valence-electron chi connectivity index (χ1n) is 4.05. The molecule has 3 nitrogen and oxygen atoms in total. The summed E-state index contributed by atoms with van der Waals surface area (Å²) >= 11 is 0. The van der Waals surface area contributed by atoms with Gasteiger partial charge in [-0.05, 0) is 19.8 Å². The number of hydrogen-bond donors (Lipinski definition) is 1. The molecule has 1 aromatic rings. The molecule has 0 amide bonds. The Labute approximate surface area is 66.4 Å². The summed E-state index contributed by atoms with van der Waals surface area (Å²) in [6.07, 6.45) is 4.49. The smallest absolute Gasteiger partial charge is 0.0753 e. The molecule has 1 aliphatic rings. The van der Waals surface area contributed by atoms with Gasteiger partial charge in [-0.15, -0.1) is 0 Å². The van der Waals surface area contributed by atoms with Crippen molar-refractivity contribution in [1.82, 2.24) is 9.78 Å². The predicted molar refractivity (Wildman–Crippen MR) is 44.8 cm³/mol. The van der Waals surface area contributed by atoms with Crippen LogP contribution in [0.15, 0.2) is 6.20 Å². The SMILES string of the molecule is CNc1cnn(C2CC2)c1C. The second-order valence-electron chi connectivity index (χ2n) is 3.07. The molecular weight excluding hydrogens is 138 g/mol. The molecule has 1 N–H and O–H groups in total. The lowest BCUT2D eigenvalue weighted by Crippen LogP contribution is -1.99. The van der Waals surface area contributed by atoms with Crippen LogP contribution < -0.4 is 5.32 Å². The Kier molecular flexibility index (Phi) is 1.37. The highest BCUT2D eigenvalue weighted by atomic mass is 15.3. The van der Waals surface area contributed by atoms with Gasteiger partial charge in [0, 0.05) is 7.05 Å². The van der Waals surface area contributed by atoms with Gasteiger partial charge in [0.15, 0.2) is 0 Å². The Morgan fingerprint density at radius 2 is 2.36 bits per heavy atom. The van der Waals surface area contributed by atoms with Crippen LogP contribution in [-0.4, -0.2) is 16.8 Å². The van der Waals surface area contributed by atoms with Gasteiger partial charge in [-0.2, -0.15) is 5.10 Å². The third-order valence-corrected chi connectivity index (χ3v) is 2.21. The van der Waals surface area contributed by atoms with Gasteiger partial charge < -0.3 is 5.32 Å². The molecule has 2 rings (SSSR count). The summed E-state index contributed by atoms with van der Waals surface area (Å²) in [5.74, 6) is 0. The molecular formula is C8H13N3. The summed E-state index contributed by atoms with van der Waals surface area (Å²) in [4.78, 5) is 0. The Morgan fingerprint density at radius 1 is 1.64 bits per heavy atom. The standard InChI is InChI=1S/C8H13N3/c1-6-8(9-2)5-10-11(6)7-3-4-7/h5,7,9H,3-4H2,1-2H3. The molecule has 1 fully saturated rings. The summed E-state index contributed by atoms with van der Waals surface area (Å²) in [7, 11) is 1.93. The number of rotatable bonds is 2. The molecule has 1 aliphatic carbocycles. The number of nitrogens with one attached hydrogen (secondary N) is 1. The van der Waals surface area contributed by atoms with Gasteiger partial charge in [0.2, 0.25) is 0 Å². The van der Waals surface area contributed by atoms with Gasteiger partial charge >= 0.3 is 0 Å². The fourth-order valence-electron chi connectivity index (χ4n) is 1.36. The highest BCUT2D eigenvalue weighted by Crippen LogP contribution is 2.36. The van der Waals surface area contributed by atoms with Crippen LogP contribution in [0.4, 0.5) is 5.69 Å². The quantitative estimate of drug-likeness (QED) is 0.695. The van der Waals surface area contributed by atoms with Crippen molar-refractivity contribution in [3.63, 3.8) is 0 Å². The maximum absolute atomic E-state index is 4.30. The molecule has 0 saturated heterocycles. The molecule has 0 atom stereocenters. The second-order valence-corrected chi connectivity index (χ2v) is 3.07. The van der Waals surface area contributed by atoms with Crippen LogP contribution in [0.25, 0.3) is 0 Å². The van der Waals surface area contributed by atoms with E-state index in [1.165, 1.54) is 18.5 Å². The Hall–Kier alpha value is -0.990. The summed E-state index contributed by atoms with van der Waals surface area (Å²) in [5, 5.41) is 7.42. The van der Waals surface area contributed by atoms with Crippen LogP contribution in [0.1, 0.15) is 24.6 Å². The van der Waals surface area contributed by atoms with E-state index in [1.807, 2.05) is 13.2 Å².